The number of hydrogen-bond donors (Lipinski definition) is 3. The van der Waals surface area contributed by atoms with Crippen LogP contribution in [0, 0.1) is 5.82 Å². The van der Waals surface area contributed by atoms with E-state index in [1.54, 1.807) is 12.1 Å². The van der Waals surface area contributed by atoms with Crippen LogP contribution in [0.2, 0.25) is 0 Å². The third kappa shape index (κ3) is 4.44. The molecule has 2 aromatic carbocycles. The molecule has 112 valence electrons. The molecule has 0 amide bonds. The van der Waals surface area contributed by atoms with Crippen molar-refractivity contribution in [3.05, 3.63) is 53.8 Å². The summed E-state index contributed by atoms with van der Waals surface area (Å²) >= 11 is 0. The molecule has 0 heterocycles. The zero-order chi connectivity index (χ0) is 15.5. The van der Waals surface area contributed by atoms with Gasteiger partial charge in [0.05, 0.1) is 4.90 Å². The molecular formula is C14H16FN3O2S. The van der Waals surface area contributed by atoms with Crippen molar-refractivity contribution < 1.29 is 12.8 Å². The normalized spacial score (nSPS) is 11.3. The number of nitrogens with one attached hydrogen (secondary N) is 1. The van der Waals surface area contributed by atoms with E-state index in [1.807, 2.05) is 6.07 Å². The monoisotopic (exact) mass is 309 g/mol. The maximum Gasteiger partial charge on any atom is 0.238 e. The Balaban J connectivity index is 2.05. The molecular weight excluding hydrogens is 293 g/mol. The lowest BCUT2D eigenvalue weighted by Crippen LogP contribution is -2.13. The average molecular weight is 309 g/mol. The van der Waals surface area contributed by atoms with Gasteiger partial charge in [-0.2, -0.15) is 0 Å². The standard InChI is InChI=1S/C14H16FN3O2S/c15-11-3-1-2-10(6-11)4-5-18-13-7-12(16)8-14(9-13)21(17,19)20/h1-3,6-9,18H,4-5,16H2,(H2,17,19,20). The number of rotatable bonds is 5. The van der Waals surface area contributed by atoms with Crippen LogP contribution in [0.3, 0.4) is 0 Å². The summed E-state index contributed by atoms with van der Waals surface area (Å²) in [5, 5.41) is 8.12. The summed E-state index contributed by atoms with van der Waals surface area (Å²) in [7, 11) is -3.80. The maximum absolute atomic E-state index is 13.0. The van der Waals surface area contributed by atoms with Gasteiger partial charge in [-0.05, 0) is 42.3 Å². The molecule has 0 spiro atoms. The van der Waals surface area contributed by atoms with Gasteiger partial charge < -0.3 is 11.1 Å². The van der Waals surface area contributed by atoms with Crippen LogP contribution in [0.15, 0.2) is 47.4 Å². The lowest BCUT2D eigenvalue weighted by Gasteiger charge is -2.09. The molecule has 0 radical (unpaired) electrons. The predicted octanol–water partition coefficient (Wildman–Crippen LogP) is 1.71. The molecule has 21 heavy (non-hydrogen) atoms. The van der Waals surface area contributed by atoms with Crippen LogP contribution >= 0.6 is 0 Å². The minimum absolute atomic E-state index is 0.0456. The smallest absolute Gasteiger partial charge is 0.238 e. The van der Waals surface area contributed by atoms with Gasteiger partial charge in [0.25, 0.3) is 0 Å². The number of anilines is 2. The van der Waals surface area contributed by atoms with Gasteiger partial charge in [0, 0.05) is 17.9 Å². The van der Waals surface area contributed by atoms with Crippen molar-refractivity contribution in [2.75, 3.05) is 17.6 Å². The fourth-order valence-corrected chi connectivity index (χ4v) is 2.52. The summed E-state index contributed by atoms with van der Waals surface area (Å²) in [5.41, 5.74) is 7.35. The van der Waals surface area contributed by atoms with Crippen LogP contribution in [0.25, 0.3) is 0 Å². The lowest BCUT2D eigenvalue weighted by molar-refractivity contribution is 0.598. The third-order valence-corrected chi connectivity index (χ3v) is 3.78. The van der Waals surface area contributed by atoms with Crippen LogP contribution in [0.1, 0.15) is 5.56 Å². The Labute approximate surface area is 122 Å². The number of sulfonamides is 1. The van der Waals surface area contributed by atoms with E-state index in [4.69, 9.17) is 10.9 Å². The largest absolute Gasteiger partial charge is 0.399 e. The molecule has 0 aromatic heterocycles. The van der Waals surface area contributed by atoms with Crippen molar-refractivity contribution in [1.29, 1.82) is 0 Å². The molecule has 0 saturated carbocycles. The fraction of sp³-hybridized carbons (Fsp3) is 0.143. The quantitative estimate of drug-likeness (QED) is 0.732. The molecule has 2 rings (SSSR count). The highest BCUT2D eigenvalue weighted by molar-refractivity contribution is 7.89. The second-order valence-electron chi connectivity index (χ2n) is 4.64. The highest BCUT2D eigenvalue weighted by atomic mass is 32.2. The predicted molar refractivity (Wildman–Crippen MR) is 80.8 cm³/mol. The zero-order valence-electron chi connectivity index (χ0n) is 11.2. The molecule has 0 unspecified atom stereocenters. The summed E-state index contributed by atoms with van der Waals surface area (Å²) < 4.78 is 35.7. The highest BCUT2D eigenvalue weighted by Gasteiger charge is 2.09. The van der Waals surface area contributed by atoms with E-state index in [1.165, 1.54) is 24.3 Å². The van der Waals surface area contributed by atoms with Gasteiger partial charge in [-0.25, -0.2) is 17.9 Å². The number of benzene rings is 2. The zero-order valence-corrected chi connectivity index (χ0v) is 12.0. The fourth-order valence-electron chi connectivity index (χ4n) is 1.93. The van der Waals surface area contributed by atoms with E-state index in [-0.39, 0.29) is 10.7 Å². The van der Waals surface area contributed by atoms with Crippen molar-refractivity contribution in [2.24, 2.45) is 5.14 Å². The van der Waals surface area contributed by atoms with Gasteiger partial charge in [-0.1, -0.05) is 12.1 Å². The van der Waals surface area contributed by atoms with Crippen molar-refractivity contribution in [3.8, 4) is 0 Å². The van der Waals surface area contributed by atoms with Gasteiger partial charge in [0.15, 0.2) is 0 Å². The Morgan fingerprint density at radius 1 is 1.14 bits per heavy atom. The number of halogens is 1. The van der Waals surface area contributed by atoms with Gasteiger partial charge in [0.1, 0.15) is 5.82 Å². The van der Waals surface area contributed by atoms with Crippen LogP contribution in [-0.4, -0.2) is 15.0 Å². The first-order valence-electron chi connectivity index (χ1n) is 6.26. The minimum Gasteiger partial charge on any atom is -0.399 e. The first kappa shape index (κ1) is 15.3. The Hall–Kier alpha value is -2.12. The molecule has 0 aliphatic heterocycles. The molecule has 5 N–H and O–H groups in total. The van der Waals surface area contributed by atoms with Crippen LogP contribution in [-0.2, 0) is 16.4 Å². The van der Waals surface area contributed by atoms with Gasteiger partial charge in [-0.15, -0.1) is 0 Å². The molecule has 0 aliphatic rings. The summed E-state index contributed by atoms with van der Waals surface area (Å²) in [6, 6.07) is 10.6. The SMILES string of the molecule is Nc1cc(NCCc2cccc(F)c2)cc(S(N)(=O)=O)c1. The average Bonchev–Trinajstić information content (AvgIpc) is 2.37. The maximum atomic E-state index is 13.0. The van der Waals surface area contributed by atoms with Crippen LogP contribution in [0.5, 0.6) is 0 Å². The molecule has 0 fully saturated rings. The van der Waals surface area contributed by atoms with Crippen LogP contribution in [0.4, 0.5) is 15.8 Å². The highest BCUT2D eigenvalue weighted by Crippen LogP contribution is 2.19. The second kappa shape index (κ2) is 6.11. The van der Waals surface area contributed by atoms with E-state index in [2.05, 4.69) is 5.32 Å². The molecule has 0 bridgehead atoms. The van der Waals surface area contributed by atoms with E-state index < -0.39 is 10.0 Å². The Bertz CT molecular complexity index is 748. The molecule has 2 aromatic rings. The Morgan fingerprint density at radius 3 is 2.57 bits per heavy atom. The van der Waals surface area contributed by atoms with Crippen molar-refractivity contribution in [3.63, 3.8) is 0 Å². The lowest BCUT2D eigenvalue weighted by atomic mass is 10.1. The Kier molecular flexibility index (Phi) is 4.44. The Morgan fingerprint density at radius 2 is 1.90 bits per heavy atom. The van der Waals surface area contributed by atoms with E-state index in [9.17, 15) is 12.8 Å². The number of nitrogens with two attached hydrogens (primary N) is 2. The first-order chi connectivity index (χ1) is 9.84. The third-order valence-electron chi connectivity index (χ3n) is 2.89. The van der Waals surface area contributed by atoms with E-state index >= 15 is 0 Å². The number of primary sulfonamides is 1. The molecule has 0 aliphatic carbocycles. The molecule has 0 saturated heterocycles. The summed E-state index contributed by atoms with van der Waals surface area (Å²) in [6.45, 7) is 0.511. The van der Waals surface area contributed by atoms with Crippen molar-refractivity contribution >= 4 is 21.4 Å². The summed E-state index contributed by atoms with van der Waals surface area (Å²) in [6.07, 6.45) is 0.595. The minimum atomic E-state index is -3.80. The van der Waals surface area contributed by atoms with Crippen LogP contribution < -0.4 is 16.2 Å². The first-order valence-corrected chi connectivity index (χ1v) is 7.81. The molecule has 5 nitrogen and oxygen atoms in total. The molecule has 0 atom stereocenters. The molecule has 7 heteroatoms. The van der Waals surface area contributed by atoms with E-state index in [0.29, 0.717) is 24.3 Å². The van der Waals surface area contributed by atoms with Crippen molar-refractivity contribution in [1.82, 2.24) is 0 Å². The van der Waals surface area contributed by atoms with Gasteiger partial charge in [-0.3, -0.25) is 0 Å². The van der Waals surface area contributed by atoms with Gasteiger partial charge >= 0.3 is 0 Å². The van der Waals surface area contributed by atoms with Gasteiger partial charge in [0.2, 0.25) is 10.0 Å². The topological polar surface area (TPSA) is 98.2 Å². The number of hydrogen-bond acceptors (Lipinski definition) is 4. The summed E-state index contributed by atoms with van der Waals surface area (Å²) in [5.74, 6) is -0.284. The number of nitrogen functional groups attached to an aromatic ring is 1. The van der Waals surface area contributed by atoms with Crippen molar-refractivity contribution in [2.45, 2.75) is 11.3 Å². The second-order valence-corrected chi connectivity index (χ2v) is 6.20. The summed E-state index contributed by atoms with van der Waals surface area (Å²) in [4.78, 5) is -0.0456. The van der Waals surface area contributed by atoms with E-state index in [0.717, 1.165) is 5.56 Å².